The molecule has 5 nitrogen and oxygen atoms in total. The maximum Gasteiger partial charge on any atom is 0.251 e. The van der Waals surface area contributed by atoms with Crippen LogP contribution in [0.5, 0.6) is 0 Å². The van der Waals surface area contributed by atoms with Gasteiger partial charge in [-0.3, -0.25) is 9.59 Å². The molecule has 0 amide bonds. The van der Waals surface area contributed by atoms with Crippen LogP contribution in [0.1, 0.15) is 34.1 Å². The minimum Gasteiger partial charge on any atom is -0.461 e. The molecule has 3 rings (SSSR count). The van der Waals surface area contributed by atoms with E-state index in [4.69, 9.17) is 16.0 Å². The van der Waals surface area contributed by atoms with Crippen molar-refractivity contribution in [3.05, 3.63) is 74.6 Å². The summed E-state index contributed by atoms with van der Waals surface area (Å²) in [6.45, 7) is 3.46. The van der Waals surface area contributed by atoms with Crippen molar-refractivity contribution >= 4 is 17.4 Å². The molecule has 25 heavy (non-hydrogen) atoms. The number of hydrogen-bond donors (Lipinski definition) is 1. The summed E-state index contributed by atoms with van der Waals surface area (Å²) in [4.78, 5) is 30.8. The van der Waals surface area contributed by atoms with E-state index < -0.39 is 0 Å². The first-order chi connectivity index (χ1) is 11.9. The van der Waals surface area contributed by atoms with Gasteiger partial charge in [-0.15, -0.1) is 0 Å². The molecule has 0 aliphatic heterocycles. The number of nitrogens with one attached hydrogen (secondary N) is 1. The number of halogens is 1. The van der Waals surface area contributed by atoms with Crippen LogP contribution in [0.3, 0.4) is 0 Å². The predicted octanol–water partition coefficient (Wildman–Crippen LogP) is 4.12. The van der Waals surface area contributed by atoms with E-state index in [1.807, 2.05) is 18.2 Å². The van der Waals surface area contributed by atoms with Gasteiger partial charge in [0.05, 0.1) is 10.6 Å². The number of furan rings is 1. The molecule has 3 aromatic rings. The molecule has 0 spiro atoms. The van der Waals surface area contributed by atoms with Crippen molar-refractivity contribution in [1.29, 1.82) is 0 Å². The molecule has 0 aliphatic rings. The summed E-state index contributed by atoms with van der Waals surface area (Å²) in [5.74, 6) is 1.60. The molecule has 2 heterocycles. The number of aromatic amines is 1. The minimum atomic E-state index is -0.213. The standard InChI is InChI=1S/C19H17ClN2O3/c1-11-15(10-18(25-11)14-5-3-4-6-16(14)20)17(23)8-7-13-9-19(24)22-12(2)21-13/h3-6,9-10H,7-8H2,1-2H3,(H,21,22,24). The molecule has 128 valence electrons. The Morgan fingerprint density at radius 2 is 2.00 bits per heavy atom. The zero-order valence-corrected chi connectivity index (χ0v) is 14.7. The number of carbonyl (C=O) groups is 1. The van der Waals surface area contributed by atoms with E-state index in [-0.39, 0.29) is 17.8 Å². The summed E-state index contributed by atoms with van der Waals surface area (Å²) in [6, 6.07) is 10.5. The normalized spacial score (nSPS) is 10.8. The van der Waals surface area contributed by atoms with Crippen molar-refractivity contribution in [2.24, 2.45) is 0 Å². The second kappa shape index (κ2) is 7.07. The molecule has 0 bridgehead atoms. The highest BCUT2D eigenvalue weighted by atomic mass is 35.5. The number of aryl methyl sites for hydroxylation is 3. The minimum absolute atomic E-state index is 0.0562. The summed E-state index contributed by atoms with van der Waals surface area (Å²) < 4.78 is 5.72. The quantitative estimate of drug-likeness (QED) is 0.698. The van der Waals surface area contributed by atoms with Gasteiger partial charge in [0.2, 0.25) is 0 Å². The third-order valence-corrected chi connectivity index (χ3v) is 4.21. The van der Waals surface area contributed by atoms with E-state index in [9.17, 15) is 9.59 Å². The molecule has 0 saturated carbocycles. The first kappa shape index (κ1) is 17.2. The van der Waals surface area contributed by atoms with E-state index >= 15 is 0 Å². The number of aromatic nitrogens is 2. The lowest BCUT2D eigenvalue weighted by atomic mass is 10.0. The Morgan fingerprint density at radius 1 is 1.24 bits per heavy atom. The fraction of sp³-hybridized carbons (Fsp3) is 0.211. The van der Waals surface area contributed by atoms with Crippen molar-refractivity contribution in [2.45, 2.75) is 26.7 Å². The van der Waals surface area contributed by atoms with Crippen molar-refractivity contribution in [2.75, 3.05) is 0 Å². The van der Waals surface area contributed by atoms with Gasteiger partial charge in [0.1, 0.15) is 17.3 Å². The lowest BCUT2D eigenvalue weighted by Gasteiger charge is -2.01. The van der Waals surface area contributed by atoms with E-state index in [0.29, 0.717) is 40.0 Å². The fourth-order valence-electron chi connectivity index (χ4n) is 2.70. The van der Waals surface area contributed by atoms with Crippen LogP contribution < -0.4 is 5.56 Å². The van der Waals surface area contributed by atoms with Crippen LogP contribution in [-0.2, 0) is 6.42 Å². The number of H-pyrrole nitrogens is 1. The highest BCUT2D eigenvalue weighted by molar-refractivity contribution is 6.33. The Balaban J connectivity index is 1.79. The number of benzene rings is 1. The number of ketones is 1. The molecule has 0 unspecified atom stereocenters. The summed E-state index contributed by atoms with van der Waals surface area (Å²) in [7, 11) is 0. The molecule has 2 aromatic heterocycles. The van der Waals surface area contributed by atoms with Gasteiger partial charge in [0.15, 0.2) is 5.78 Å². The molecule has 0 saturated heterocycles. The van der Waals surface area contributed by atoms with Crippen molar-refractivity contribution in [3.8, 4) is 11.3 Å². The lowest BCUT2D eigenvalue weighted by Crippen LogP contribution is -2.11. The van der Waals surface area contributed by atoms with E-state index in [1.165, 1.54) is 6.07 Å². The molecule has 0 atom stereocenters. The highest BCUT2D eigenvalue weighted by Crippen LogP contribution is 2.31. The number of nitrogens with zero attached hydrogens (tertiary/aromatic N) is 1. The number of hydrogen-bond acceptors (Lipinski definition) is 4. The van der Waals surface area contributed by atoms with Gasteiger partial charge in [-0.1, -0.05) is 23.7 Å². The van der Waals surface area contributed by atoms with E-state index in [1.54, 1.807) is 26.0 Å². The van der Waals surface area contributed by atoms with Crippen LogP contribution >= 0.6 is 11.6 Å². The highest BCUT2D eigenvalue weighted by Gasteiger charge is 2.17. The molecular weight excluding hydrogens is 340 g/mol. The summed E-state index contributed by atoms with van der Waals surface area (Å²) in [5, 5.41) is 0.568. The lowest BCUT2D eigenvalue weighted by molar-refractivity contribution is 0.0981. The topological polar surface area (TPSA) is 76.0 Å². The van der Waals surface area contributed by atoms with Crippen molar-refractivity contribution in [1.82, 2.24) is 9.97 Å². The second-order valence-corrected chi connectivity index (χ2v) is 6.21. The Bertz CT molecular complexity index is 988. The first-order valence-electron chi connectivity index (χ1n) is 7.89. The molecule has 6 heteroatoms. The average Bonchev–Trinajstić information content (AvgIpc) is 2.94. The van der Waals surface area contributed by atoms with Gasteiger partial charge < -0.3 is 9.40 Å². The van der Waals surface area contributed by atoms with Crippen LogP contribution in [0.4, 0.5) is 0 Å². The predicted molar refractivity (Wildman–Crippen MR) is 96.1 cm³/mol. The molecule has 1 aromatic carbocycles. The SMILES string of the molecule is Cc1nc(CCC(=O)c2cc(-c3ccccc3Cl)oc2C)cc(=O)[nH]1. The first-order valence-corrected chi connectivity index (χ1v) is 8.27. The fourth-order valence-corrected chi connectivity index (χ4v) is 2.93. The van der Waals surface area contributed by atoms with Gasteiger partial charge in [-0.2, -0.15) is 0 Å². The van der Waals surface area contributed by atoms with Gasteiger partial charge >= 0.3 is 0 Å². The van der Waals surface area contributed by atoms with Crippen LogP contribution in [-0.4, -0.2) is 15.8 Å². The largest absolute Gasteiger partial charge is 0.461 e. The van der Waals surface area contributed by atoms with Crippen molar-refractivity contribution < 1.29 is 9.21 Å². The van der Waals surface area contributed by atoms with Crippen LogP contribution in [0.15, 0.2) is 45.6 Å². The smallest absolute Gasteiger partial charge is 0.251 e. The molecule has 0 aliphatic carbocycles. The molecule has 0 radical (unpaired) electrons. The maximum atomic E-state index is 12.5. The number of carbonyl (C=O) groups excluding carboxylic acids is 1. The monoisotopic (exact) mass is 356 g/mol. The van der Waals surface area contributed by atoms with Crippen molar-refractivity contribution in [3.63, 3.8) is 0 Å². The van der Waals surface area contributed by atoms with Gasteiger partial charge in [0, 0.05) is 23.7 Å². The zero-order chi connectivity index (χ0) is 18.0. The molecule has 0 fully saturated rings. The van der Waals surface area contributed by atoms with Gasteiger partial charge in [-0.05, 0) is 38.5 Å². The summed E-state index contributed by atoms with van der Waals surface area (Å²) in [5.41, 5.74) is 1.66. The maximum absolute atomic E-state index is 12.5. The van der Waals surface area contributed by atoms with Crippen LogP contribution in [0.2, 0.25) is 5.02 Å². The van der Waals surface area contributed by atoms with Crippen LogP contribution in [0.25, 0.3) is 11.3 Å². The third-order valence-electron chi connectivity index (χ3n) is 3.88. The third kappa shape index (κ3) is 3.88. The van der Waals surface area contributed by atoms with Gasteiger partial charge in [-0.25, -0.2) is 4.98 Å². The Kier molecular flexibility index (Phi) is 4.86. The average molecular weight is 357 g/mol. The van der Waals surface area contributed by atoms with E-state index in [0.717, 1.165) is 5.56 Å². The summed E-state index contributed by atoms with van der Waals surface area (Å²) in [6.07, 6.45) is 0.647. The Hall–Kier alpha value is -2.66. The van der Waals surface area contributed by atoms with Gasteiger partial charge in [0.25, 0.3) is 5.56 Å². The number of Topliss-reactive ketones (excluding diaryl/α,β-unsaturated/α-hetero) is 1. The van der Waals surface area contributed by atoms with E-state index in [2.05, 4.69) is 9.97 Å². The molecular formula is C19H17ClN2O3. The molecule has 1 N–H and O–H groups in total. The Morgan fingerprint density at radius 3 is 2.72 bits per heavy atom. The number of rotatable bonds is 5. The van der Waals surface area contributed by atoms with Crippen LogP contribution in [0, 0.1) is 13.8 Å². The second-order valence-electron chi connectivity index (χ2n) is 5.81. The zero-order valence-electron chi connectivity index (χ0n) is 13.9. The summed E-state index contributed by atoms with van der Waals surface area (Å²) >= 11 is 6.19. The Labute approximate surface area is 149 Å².